The van der Waals surface area contributed by atoms with Crippen LogP contribution in [0.1, 0.15) is 53.7 Å². The Morgan fingerprint density at radius 3 is 2.90 bits per heavy atom. The molecule has 0 unspecified atom stereocenters. The molecule has 1 saturated heterocycles. The highest BCUT2D eigenvalue weighted by molar-refractivity contribution is 7.22. The highest BCUT2D eigenvalue weighted by Crippen LogP contribution is 2.40. The van der Waals surface area contributed by atoms with E-state index in [1.807, 2.05) is 12.1 Å². The number of hydrogen-bond donors (Lipinski definition) is 1. The van der Waals surface area contributed by atoms with E-state index in [0.717, 1.165) is 60.6 Å². The lowest BCUT2D eigenvalue weighted by molar-refractivity contribution is 0.0856. The second-order valence-corrected chi connectivity index (χ2v) is 8.18. The van der Waals surface area contributed by atoms with Crippen LogP contribution in [0.5, 0.6) is 5.75 Å². The first-order chi connectivity index (χ1) is 14.2. The minimum absolute atomic E-state index is 0.171. The maximum atomic E-state index is 12.8. The zero-order valence-corrected chi connectivity index (χ0v) is 17.6. The maximum Gasteiger partial charge on any atom is 0.257 e. The van der Waals surface area contributed by atoms with Crippen LogP contribution in [0.2, 0.25) is 0 Å². The molecule has 3 aromatic rings. The fraction of sp³-hybridized carbons (Fsp3) is 0.409. The predicted octanol–water partition coefficient (Wildman–Crippen LogP) is 4.80. The molecular formula is C22H25N3O3S. The van der Waals surface area contributed by atoms with Crippen molar-refractivity contribution < 1.29 is 14.3 Å². The molecule has 29 heavy (non-hydrogen) atoms. The number of methoxy groups -OCH3 is 1. The van der Waals surface area contributed by atoms with E-state index in [9.17, 15) is 4.79 Å². The molecule has 3 heterocycles. The number of aryl methyl sites for hydroxylation is 1. The number of anilines is 1. The van der Waals surface area contributed by atoms with Crippen LogP contribution in [0, 0.1) is 0 Å². The molecule has 0 aliphatic carbocycles. The standard InChI is InChI=1S/C22H25N3O3S/c1-3-4-16-13-15(7-10-23-16)21(26)25-22-24-19-18(27-2)6-5-17(20(19)29-22)14-8-11-28-12-9-14/h5-7,10,13-14H,3-4,8-9,11-12H2,1-2H3,(H,24,25,26). The molecule has 7 heteroatoms. The minimum atomic E-state index is -0.171. The van der Waals surface area contributed by atoms with Crippen LogP contribution in [0.15, 0.2) is 30.5 Å². The number of nitrogens with one attached hydrogen (secondary N) is 1. The van der Waals surface area contributed by atoms with Crippen molar-refractivity contribution in [3.63, 3.8) is 0 Å². The first kappa shape index (κ1) is 19.8. The highest BCUT2D eigenvalue weighted by atomic mass is 32.1. The summed E-state index contributed by atoms with van der Waals surface area (Å²) in [6, 6.07) is 7.68. The van der Waals surface area contributed by atoms with Gasteiger partial charge < -0.3 is 9.47 Å². The molecule has 0 atom stereocenters. The molecule has 1 fully saturated rings. The van der Waals surface area contributed by atoms with E-state index in [1.54, 1.807) is 19.4 Å². The number of carbonyl (C=O) groups is 1. The van der Waals surface area contributed by atoms with Gasteiger partial charge in [0.1, 0.15) is 11.3 Å². The normalized spacial score (nSPS) is 14.8. The van der Waals surface area contributed by atoms with Gasteiger partial charge in [0.15, 0.2) is 5.13 Å². The second kappa shape index (κ2) is 8.88. The number of fused-ring (bicyclic) bond motifs is 1. The van der Waals surface area contributed by atoms with E-state index in [0.29, 0.717) is 16.6 Å². The van der Waals surface area contributed by atoms with Crippen molar-refractivity contribution in [3.8, 4) is 5.75 Å². The molecular weight excluding hydrogens is 386 g/mol. The van der Waals surface area contributed by atoms with Crippen molar-refractivity contribution >= 4 is 32.6 Å². The summed E-state index contributed by atoms with van der Waals surface area (Å²) >= 11 is 1.51. The number of benzene rings is 1. The van der Waals surface area contributed by atoms with Gasteiger partial charge >= 0.3 is 0 Å². The number of nitrogens with zero attached hydrogens (tertiary/aromatic N) is 2. The summed E-state index contributed by atoms with van der Waals surface area (Å²) < 4.78 is 12.1. The number of aromatic nitrogens is 2. The van der Waals surface area contributed by atoms with E-state index in [1.165, 1.54) is 16.9 Å². The van der Waals surface area contributed by atoms with Crippen LogP contribution in [0.25, 0.3) is 10.2 Å². The van der Waals surface area contributed by atoms with Crippen molar-refractivity contribution in [3.05, 3.63) is 47.3 Å². The fourth-order valence-corrected chi connectivity index (χ4v) is 4.80. The summed E-state index contributed by atoms with van der Waals surface area (Å²) in [5, 5.41) is 3.54. The Bertz CT molecular complexity index is 1010. The largest absolute Gasteiger partial charge is 0.494 e. The minimum Gasteiger partial charge on any atom is -0.494 e. The maximum absolute atomic E-state index is 12.8. The fourth-order valence-electron chi connectivity index (χ4n) is 3.73. The van der Waals surface area contributed by atoms with Crippen LogP contribution in [0.3, 0.4) is 0 Å². The third kappa shape index (κ3) is 4.26. The number of rotatable bonds is 6. The summed E-state index contributed by atoms with van der Waals surface area (Å²) in [6.45, 7) is 3.66. The third-order valence-corrected chi connectivity index (χ3v) is 6.24. The molecule has 0 radical (unpaired) electrons. The summed E-state index contributed by atoms with van der Waals surface area (Å²) in [5.74, 6) is 0.995. The van der Waals surface area contributed by atoms with Crippen molar-refractivity contribution in [1.29, 1.82) is 0 Å². The average Bonchev–Trinajstić information content (AvgIpc) is 3.17. The SMILES string of the molecule is CCCc1cc(C(=O)Nc2nc3c(OC)ccc(C4CCOCC4)c3s2)ccn1. The van der Waals surface area contributed by atoms with Gasteiger partial charge in [0.05, 0.1) is 11.8 Å². The van der Waals surface area contributed by atoms with E-state index in [2.05, 4.69) is 28.3 Å². The molecule has 0 spiro atoms. The quantitative estimate of drug-likeness (QED) is 0.631. The Morgan fingerprint density at radius 1 is 1.31 bits per heavy atom. The second-order valence-electron chi connectivity index (χ2n) is 7.18. The number of carbonyl (C=O) groups excluding carboxylic acids is 1. The highest BCUT2D eigenvalue weighted by Gasteiger charge is 2.22. The van der Waals surface area contributed by atoms with Gasteiger partial charge in [-0.1, -0.05) is 30.7 Å². The molecule has 2 aromatic heterocycles. The van der Waals surface area contributed by atoms with Gasteiger partial charge in [-0.25, -0.2) is 4.98 Å². The molecule has 6 nitrogen and oxygen atoms in total. The Balaban J connectivity index is 1.64. The molecule has 0 saturated carbocycles. The molecule has 1 amide bonds. The van der Waals surface area contributed by atoms with Crippen LogP contribution in [-0.4, -0.2) is 36.2 Å². The Labute approximate surface area is 174 Å². The van der Waals surface area contributed by atoms with Gasteiger partial charge in [0, 0.05) is 30.7 Å². The topological polar surface area (TPSA) is 73.3 Å². The van der Waals surface area contributed by atoms with Crippen molar-refractivity contribution in [2.45, 2.75) is 38.5 Å². The number of amides is 1. The number of pyridine rings is 1. The number of ether oxygens (including phenoxy) is 2. The zero-order valence-electron chi connectivity index (χ0n) is 16.7. The van der Waals surface area contributed by atoms with Gasteiger partial charge in [-0.2, -0.15) is 0 Å². The van der Waals surface area contributed by atoms with Crippen LogP contribution >= 0.6 is 11.3 Å². The van der Waals surface area contributed by atoms with Crippen LogP contribution in [-0.2, 0) is 11.2 Å². The molecule has 152 valence electrons. The lowest BCUT2D eigenvalue weighted by atomic mass is 9.91. The van der Waals surface area contributed by atoms with Crippen LogP contribution < -0.4 is 10.1 Å². The zero-order chi connectivity index (χ0) is 20.2. The van der Waals surface area contributed by atoms with Gasteiger partial charge in [-0.15, -0.1) is 0 Å². The first-order valence-corrected chi connectivity index (χ1v) is 10.8. The molecule has 4 rings (SSSR count). The smallest absolute Gasteiger partial charge is 0.257 e. The monoisotopic (exact) mass is 411 g/mol. The first-order valence-electron chi connectivity index (χ1n) is 10.0. The predicted molar refractivity (Wildman–Crippen MR) is 115 cm³/mol. The molecule has 1 aliphatic rings. The van der Waals surface area contributed by atoms with E-state index < -0.39 is 0 Å². The number of thiazole rings is 1. The molecule has 1 aromatic carbocycles. The summed E-state index contributed by atoms with van der Waals surface area (Å²) in [4.78, 5) is 21.8. The molecule has 1 N–H and O–H groups in total. The van der Waals surface area contributed by atoms with Gasteiger partial charge in [0.25, 0.3) is 5.91 Å². The van der Waals surface area contributed by atoms with E-state index >= 15 is 0 Å². The van der Waals surface area contributed by atoms with Crippen LogP contribution in [0.4, 0.5) is 5.13 Å². The third-order valence-electron chi connectivity index (χ3n) is 5.22. The Kier molecular flexibility index (Phi) is 6.06. The van der Waals surface area contributed by atoms with Crippen molar-refractivity contribution in [1.82, 2.24) is 9.97 Å². The average molecular weight is 412 g/mol. The van der Waals surface area contributed by atoms with Gasteiger partial charge in [-0.05, 0) is 48.9 Å². The number of hydrogen-bond acceptors (Lipinski definition) is 6. The summed E-state index contributed by atoms with van der Waals surface area (Å²) in [5.41, 5.74) is 3.58. The van der Waals surface area contributed by atoms with Crippen molar-refractivity contribution in [2.75, 3.05) is 25.6 Å². The summed E-state index contributed by atoms with van der Waals surface area (Å²) in [7, 11) is 1.65. The molecule has 0 bridgehead atoms. The van der Waals surface area contributed by atoms with E-state index in [4.69, 9.17) is 9.47 Å². The summed E-state index contributed by atoms with van der Waals surface area (Å²) in [6.07, 6.45) is 5.53. The lowest BCUT2D eigenvalue weighted by Crippen LogP contribution is -2.14. The van der Waals surface area contributed by atoms with Gasteiger partial charge in [0.2, 0.25) is 0 Å². The Morgan fingerprint density at radius 2 is 2.14 bits per heavy atom. The van der Waals surface area contributed by atoms with Gasteiger partial charge in [-0.3, -0.25) is 15.1 Å². The Hall–Kier alpha value is -2.51. The van der Waals surface area contributed by atoms with E-state index in [-0.39, 0.29) is 5.91 Å². The van der Waals surface area contributed by atoms with Crippen molar-refractivity contribution in [2.24, 2.45) is 0 Å². The molecule has 1 aliphatic heterocycles. The lowest BCUT2D eigenvalue weighted by Gasteiger charge is -2.23.